The second kappa shape index (κ2) is 5.79. The summed E-state index contributed by atoms with van der Waals surface area (Å²) in [6.45, 7) is 2.06. The second-order valence-corrected chi connectivity index (χ2v) is 4.50. The first-order chi connectivity index (χ1) is 9.19. The fourth-order valence-electron chi connectivity index (χ4n) is 1.77. The number of nitrogens with two attached hydrogens (primary N) is 1. The molecule has 0 fully saturated rings. The lowest BCUT2D eigenvalue weighted by Gasteiger charge is -2.10. The van der Waals surface area contributed by atoms with Gasteiger partial charge in [-0.1, -0.05) is 30.0 Å². The molecule has 2 N–H and O–H groups in total. The molecule has 0 atom stereocenters. The number of nitrogen functional groups attached to an aromatic ring is 1. The third kappa shape index (κ3) is 2.58. The summed E-state index contributed by atoms with van der Waals surface area (Å²) in [5.41, 5.74) is 6.95. The number of ether oxygens (including phenoxy) is 1. The van der Waals surface area contributed by atoms with E-state index in [0.717, 1.165) is 5.69 Å². The van der Waals surface area contributed by atoms with Gasteiger partial charge in [0.2, 0.25) is 0 Å². The number of thioether (sulfide) groups is 1. The van der Waals surface area contributed by atoms with Gasteiger partial charge in [-0.3, -0.25) is 4.57 Å². The van der Waals surface area contributed by atoms with Crippen molar-refractivity contribution in [2.24, 2.45) is 0 Å². The maximum absolute atomic E-state index is 12.0. The average Bonchev–Trinajstić information content (AvgIpc) is 2.77. The van der Waals surface area contributed by atoms with Crippen molar-refractivity contribution < 1.29 is 9.53 Å². The van der Waals surface area contributed by atoms with Crippen molar-refractivity contribution in [3.8, 4) is 5.69 Å². The Kier molecular flexibility index (Phi) is 4.11. The number of aromatic nitrogens is 2. The number of para-hydroxylation sites is 1. The van der Waals surface area contributed by atoms with Crippen LogP contribution in [0.3, 0.4) is 0 Å². The van der Waals surface area contributed by atoms with E-state index in [0.29, 0.717) is 11.8 Å². The van der Waals surface area contributed by atoms with Gasteiger partial charge < -0.3 is 10.5 Å². The van der Waals surface area contributed by atoms with E-state index in [2.05, 4.69) is 4.98 Å². The fourth-order valence-corrected chi connectivity index (χ4v) is 2.33. The lowest BCUT2D eigenvalue weighted by atomic mass is 10.3. The van der Waals surface area contributed by atoms with Crippen LogP contribution in [0.25, 0.3) is 5.69 Å². The molecule has 0 saturated heterocycles. The molecule has 1 heterocycles. The molecule has 0 unspecified atom stereocenters. The standard InChI is InChI=1S/C13H15N3O2S/c1-3-18-12(17)10-11(14)15-13(19-2)16(10)9-7-5-4-6-8-9/h4-8H,3,14H2,1-2H3. The molecule has 0 aliphatic carbocycles. The summed E-state index contributed by atoms with van der Waals surface area (Å²) in [5.74, 6) is -0.275. The molecule has 100 valence electrons. The van der Waals surface area contributed by atoms with Crippen LogP contribution in [-0.2, 0) is 4.74 Å². The molecule has 0 amide bonds. The zero-order chi connectivity index (χ0) is 13.8. The molecule has 0 bridgehead atoms. The first kappa shape index (κ1) is 13.5. The minimum Gasteiger partial charge on any atom is -0.461 e. The molecule has 1 aromatic heterocycles. The normalized spacial score (nSPS) is 10.4. The quantitative estimate of drug-likeness (QED) is 0.686. The molecule has 0 aliphatic rings. The van der Waals surface area contributed by atoms with Crippen molar-refractivity contribution in [2.45, 2.75) is 12.1 Å². The van der Waals surface area contributed by atoms with Crippen LogP contribution in [-0.4, -0.2) is 28.4 Å². The SMILES string of the molecule is CCOC(=O)c1c(N)nc(SC)n1-c1ccccc1. The number of nitrogens with zero attached hydrogens (tertiary/aromatic N) is 2. The van der Waals surface area contributed by atoms with Gasteiger partial charge in [0.05, 0.1) is 6.61 Å². The smallest absolute Gasteiger partial charge is 0.359 e. The van der Waals surface area contributed by atoms with Crippen LogP contribution in [0.5, 0.6) is 0 Å². The lowest BCUT2D eigenvalue weighted by molar-refractivity contribution is 0.0517. The van der Waals surface area contributed by atoms with E-state index in [4.69, 9.17) is 10.5 Å². The second-order valence-electron chi connectivity index (χ2n) is 3.72. The average molecular weight is 277 g/mol. The van der Waals surface area contributed by atoms with Crippen molar-refractivity contribution in [1.29, 1.82) is 0 Å². The summed E-state index contributed by atoms with van der Waals surface area (Å²) < 4.78 is 6.76. The number of benzene rings is 1. The number of hydrogen-bond acceptors (Lipinski definition) is 5. The monoisotopic (exact) mass is 277 g/mol. The highest BCUT2D eigenvalue weighted by molar-refractivity contribution is 7.98. The Hall–Kier alpha value is -1.95. The highest BCUT2D eigenvalue weighted by atomic mass is 32.2. The highest BCUT2D eigenvalue weighted by Gasteiger charge is 2.23. The van der Waals surface area contributed by atoms with Crippen molar-refractivity contribution in [1.82, 2.24) is 9.55 Å². The Bertz CT molecular complexity index is 581. The first-order valence-corrected chi connectivity index (χ1v) is 7.06. The Morgan fingerprint density at radius 2 is 2.11 bits per heavy atom. The van der Waals surface area contributed by atoms with Crippen LogP contribution >= 0.6 is 11.8 Å². The van der Waals surface area contributed by atoms with Crippen LogP contribution in [0.1, 0.15) is 17.4 Å². The zero-order valence-corrected chi connectivity index (χ0v) is 11.6. The van der Waals surface area contributed by atoms with Gasteiger partial charge in [-0.25, -0.2) is 9.78 Å². The van der Waals surface area contributed by atoms with Crippen LogP contribution < -0.4 is 5.73 Å². The molecule has 2 aromatic rings. The number of imidazole rings is 1. The minimum atomic E-state index is -0.461. The maximum atomic E-state index is 12.0. The largest absolute Gasteiger partial charge is 0.461 e. The van der Waals surface area contributed by atoms with Crippen molar-refractivity contribution >= 4 is 23.5 Å². The molecule has 0 radical (unpaired) electrons. The third-order valence-corrected chi connectivity index (χ3v) is 3.18. The molecule has 1 aromatic carbocycles. The van der Waals surface area contributed by atoms with Crippen LogP contribution in [0, 0.1) is 0 Å². The topological polar surface area (TPSA) is 70.1 Å². The summed E-state index contributed by atoms with van der Waals surface area (Å²) in [4.78, 5) is 16.2. The van der Waals surface area contributed by atoms with Crippen molar-refractivity contribution in [3.63, 3.8) is 0 Å². The highest BCUT2D eigenvalue weighted by Crippen LogP contribution is 2.26. The Labute approximate surface area is 115 Å². The van der Waals surface area contributed by atoms with Gasteiger partial charge >= 0.3 is 5.97 Å². The van der Waals surface area contributed by atoms with Gasteiger partial charge in [-0.15, -0.1) is 0 Å². The van der Waals surface area contributed by atoms with Crippen molar-refractivity contribution in [2.75, 3.05) is 18.6 Å². The van der Waals surface area contributed by atoms with Crippen LogP contribution in [0.2, 0.25) is 0 Å². The molecule has 0 aliphatic heterocycles. The number of rotatable bonds is 4. The number of carbonyl (C=O) groups is 1. The Balaban J connectivity index is 2.60. The summed E-state index contributed by atoms with van der Waals surface area (Å²) in [5, 5.41) is 0.659. The fraction of sp³-hybridized carbons (Fsp3) is 0.231. The third-order valence-electron chi connectivity index (χ3n) is 2.54. The maximum Gasteiger partial charge on any atom is 0.359 e. The Morgan fingerprint density at radius 3 is 2.68 bits per heavy atom. The molecular weight excluding hydrogens is 262 g/mol. The summed E-state index contributed by atoms with van der Waals surface area (Å²) in [7, 11) is 0. The van der Waals surface area contributed by atoms with Gasteiger partial charge in [0, 0.05) is 5.69 Å². The molecular formula is C13H15N3O2S. The van der Waals surface area contributed by atoms with Crippen LogP contribution in [0.15, 0.2) is 35.5 Å². The van der Waals surface area contributed by atoms with Gasteiger partial charge in [0.15, 0.2) is 16.7 Å². The van der Waals surface area contributed by atoms with E-state index in [9.17, 15) is 4.79 Å². The van der Waals surface area contributed by atoms with E-state index < -0.39 is 5.97 Å². The zero-order valence-electron chi connectivity index (χ0n) is 10.8. The van der Waals surface area contributed by atoms with Crippen LogP contribution in [0.4, 0.5) is 5.82 Å². The number of hydrogen-bond donors (Lipinski definition) is 1. The molecule has 5 nitrogen and oxygen atoms in total. The number of carbonyl (C=O) groups excluding carboxylic acids is 1. The number of anilines is 1. The first-order valence-electron chi connectivity index (χ1n) is 5.83. The molecule has 0 saturated carbocycles. The predicted octanol–water partition coefficient (Wildman–Crippen LogP) is 2.35. The molecule has 19 heavy (non-hydrogen) atoms. The summed E-state index contributed by atoms with van der Waals surface area (Å²) >= 11 is 1.42. The summed E-state index contributed by atoms with van der Waals surface area (Å²) in [6.07, 6.45) is 1.89. The lowest BCUT2D eigenvalue weighted by Crippen LogP contribution is -2.13. The van der Waals surface area contributed by atoms with E-state index >= 15 is 0 Å². The van der Waals surface area contributed by atoms with Gasteiger partial charge in [0.1, 0.15) is 0 Å². The van der Waals surface area contributed by atoms with Crippen molar-refractivity contribution in [3.05, 3.63) is 36.0 Å². The van der Waals surface area contributed by atoms with E-state index in [-0.39, 0.29) is 11.5 Å². The van der Waals surface area contributed by atoms with Gasteiger partial charge in [0.25, 0.3) is 0 Å². The molecule has 0 spiro atoms. The number of esters is 1. The van der Waals surface area contributed by atoms with Gasteiger partial charge in [-0.05, 0) is 25.3 Å². The van der Waals surface area contributed by atoms with Gasteiger partial charge in [-0.2, -0.15) is 0 Å². The van der Waals surface area contributed by atoms with E-state index in [1.165, 1.54) is 11.8 Å². The molecule has 6 heteroatoms. The van der Waals surface area contributed by atoms with E-state index in [1.54, 1.807) is 11.5 Å². The minimum absolute atomic E-state index is 0.187. The van der Waals surface area contributed by atoms with E-state index in [1.807, 2.05) is 36.6 Å². The summed E-state index contributed by atoms with van der Waals surface area (Å²) in [6, 6.07) is 9.48. The molecule has 2 rings (SSSR count). The Morgan fingerprint density at radius 1 is 1.42 bits per heavy atom. The predicted molar refractivity (Wildman–Crippen MR) is 75.7 cm³/mol.